The van der Waals surface area contributed by atoms with Gasteiger partial charge in [-0.05, 0) is 31.6 Å². The second-order valence-corrected chi connectivity index (χ2v) is 5.87. The Morgan fingerprint density at radius 3 is 2.33 bits per heavy atom. The molecule has 0 aromatic carbocycles. The van der Waals surface area contributed by atoms with E-state index in [1.807, 2.05) is 6.92 Å². The van der Waals surface area contributed by atoms with Crippen molar-refractivity contribution in [1.82, 2.24) is 10.2 Å². The van der Waals surface area contributed by atoms with Crippen LogP contribution < -0.4 is 5.32 Å². The number of carbonyl (C=O) groups excluding carboxylic acids is 1. The molecule has 0 fully saturated rings. The summed E-state index contributed by atoms with van der Waals surface area (Å²) in [5, 5.41) is 11.6. The number of rotatable bonds is 10. The third-order valence-corrected chi connectivity index (χ3v) is 3.85. The van der Waals surface area contributed by atoms with Crippen molar-refractivity contribution in [3.63, 3.8) is 0 Å². The van der Waals surface area contributed by atoms with Gasteiger partial charge in [-0.15, -0.1) is 0 Å². The number of likely N-dealkylation sites (N-methyl/N-ethyl adjacent to an activating group) is 1. The number of amides is 2. The van der Waals surface area contributed by atoms with Gasteiger partial charge in [0, 0.05) is 27.1 Å². The molecule has 2 amide bonds. The molecule has 0 aliphatic heterocycles. The molecule has 0 spiro atoms. The van der Waals surface area contributed by atoms with Crippen LogP contribution in [-0.2, 0) is 9.53 Å². The molecular formula is C15H30N2O4. The molecule has 0 aliphatic rings. The molecule has 2 atom stereocenters. The van der Waals surface area contributed by atoms with E-state index in [0.717, 1.165) is 6.42 Å². The van der Waals surface area contributed by atoms with E-state index in [-0.39, 0.29) is 18.5 Å². The van der Waals surface area contributed by atoms with Gasteiger partial charge in [-0.2, -0.15) is 0 Å². The Labute approximate surface area is 127 Å². The molecule has 6 nitrogen and oxygen atoms in total. The van der Waals surface area contributed by atoms with Gasteiger partial charge < -0.3 is 20.1 Å². The zero-order valence-electron chi connectivity index (χ0n) is 13.9. The zero-order valence-corrected chi connectivity index (χ0v) is 13.9. The Kier molecular flexibility index (Phi) is 9.78. The first-order chi connectivity index (χ1) is 9.79. The molecule has 21 heavy (non-hydrogen) atoms. The molecule has 0 aliphatic carbocycles. The van der Waals surface area contributed by atoms with E-state index in [2.05, 4.69) is 19.2 Å². The summed E-state index contributed by atoms with van der Waals surface area (Å²) in [6.45, 7) is 7.15. The minimum Gasteiger partial charge on any atom is -0.481 e. The van der Waals surface area contributed by atoms with Crippen LogP contribution in [0.25, 0.3) is 0 Å². The Hall–Kier alpha value is -1.30. The molecule has 6 heteroatoms. The van der Waals surface area contributed by atoms with Gasteiger partial charge in [0.05, 0.1) is 12.6 Å². The lowest BCUT2D eigenvalue weighted by atomic mass is 9.88. The van der Waals surface area contributed by atoms with Gasteiger partial charge in [-0.1, -0.05) is 13.8 Å². The van der Waals surface area contributed by atoms with Crippen LogP contribution >= 0.6 is 0 Å². The van der Waals surface area contributed by atoms with Crippen LogP contribution in [0.15, 0.2) is 0 Å². The SMILES string of the molecule is COCC(C)N(C)C(=O)NCCC(CCC(=O)O)C(C)C. The molecule has 2 N–H and O–H groups in total. The van der Waals surface area contributed by atoms with Gasteiger partial charge in [-0.3, -0.25) is 4.79 Å². The van der Waals surface area contributed by atoms with Gasteiger partial charge in [0.25, 0.3) is 0 Å². The molecule has 0 radical (unpaired) electrons. The molecular weight excluding hydrogens is 272 g/mol. The van der Waals surface area contributed by atoms with Crippen molar-refractivity contribution in [3.8, 4) is 0 Å². The quantitative estimate of drug-likeness (QED) is 0.648. The average Bonchev–Trinajstić information content (AvgIpc) is 2.40. The maximum absolute atomic E-state index is 11.9. The van der Waals surface area contributed by atoms with Gasteiger partial charge in [-0.25, -0.2) is 4.79 Å². The molecule has 0 aromatic heterocycles. The number of hydrogen-bond acceptors (Lipinski definition) is 3. The molecule has 0 bridgehead atoms. The number of methoxy groups -OCH3 is 1. The molecule has 0 heterocycles. The van der Waals surface area contributed by atoms with Gasteiger partial charge in [0.2, 0.25) is 0 Å². The predicted molar refractivity (Wildman–Crippen MR) is 82.3 cm³/mol. The highest BCUT2D eigenvalue weighted by molar-refractivity contribution is 5.74. The lowest BCUT2D eigenvalue weighted by Gasteiger charge is -2.25. The Morgan fingerprint density at radius 2 is 1.86 bits per heavy atom. The molecule has 0 aromatic rings. The maximum Gasteiger partial charge on any atom is 0.317 e. The number of carbonyl (C=O) groups is 2. The van der Waals surface area contributed by atoms with E-state index >= 15 is 0 Å². The summed E-state index contributed by atoms with van der Waals surface area (Å²) in [5.41, 5.74) is 0. The predicted octanol–water partition coefficient (Wildman–Crippen LogP) is 2.19. The van der Waals surface area contributed by atoms with Crippen molar-refractivity contribution in [1.29, 1.82) is 0 Å². The number of carboxylic acid groups (broad SMARTS) is 1. The van der Waals surface area contributed by atoms with Crippen LogP contribution in [-0.4, -0.2) is 55.4 Å². The normalized spacial score (nSPS) is 13.8. The van der Waals surface area contributed by atoms with Crippen LogP contribution in [0.4, 0.5) is 4.79 Å². The topological polar surface area (TPSA) is 78.9 Å². The third-order valence-electron chi connectivity index (χ3n) is 3.85. The molecule has 0 saturated heterocycles. The fourth-order valence-corrected chi connectivity index (χ4v) is 2.16. The van der Waals surface area contributed by atoms with Gasteiger partial charge >= 0.3 is 12.0 Å². The van der Waals surface area contributed by atoms with E-state index in [1.165, 1.54) is 0 Å². The first-order valence-corrected chi connectivity index (χ1v) is 7.51. The summed E-state index contributed by atoms with van der Waals surface area (Å²) >= 11 is 0. The van der Waals surface area contributed by atoms with Crippen molar-refractivity contribution in [2.45, 2.75) is 46.1 Å². The highest BCUT2D eigenvalue weighted by atomic mass is 16.5. The molecule has 0 saturated carbocycles. The van der Waals surface area contributed by atoms with E-state index in [1.54, 1.807) is 19.1 Å². The minimum atomic E-state index is -0.766. The largest absolute Gasteiger partial charge is 0.481 e. The highest BCUT2D eigenvalue weighted by Gasteiger charge is 2.17. The third kappa shape index (κ3) is 8.55. The maximum atomic E-state index is 11.9. The van der Waals surface area contributed by atoms with Crippen LogP contribution in [0.2, 0.25) is 0 Å². The van der Waals surface area contributed by atoms with Crippen molar-refractivity contribution in [2.75, 3.05) is 27.3 Å². The summed E-state index contributed by atoms with van der Waals surface area (Å²) in [6.07, 6.45) is 1.63. The van der Waals surface area contributed by atoms with Crippen LogP contribution in [0.5, 0.6) is 0 Å². The number of aliphatic carboxylic acids is 1. The molecule has 0 rings (SSSR count). The van der Waals surface area contributed by atoms with Crippen molar-refractivity contribution in [2.24, 2.45) is 11.8 Å². The lowest BCUT2D eigenvalue weighted by molar-refractivity contribution is -0.137. The Bertz CT molecular complexity index is 321. The average molecular weight is 302 g/mol. The Balaban J connectivity index is 4.13. The molecule has 2 unspecified atom stereocenters. The van der Waals surface area contributed by atoms with Gasteiger partial charge in [0.1, 0.15) is 0 Å². The van der Waals surface area contributed by atoms with E-state index in [4.69, 9.17) is 9.84 Å². The number of nitrogens with one attached hydrogen (secondary N) is 1. The second kappa shape index (κ2) is 10.4. The van der Waals surface area contributed by atoms with Crippen molar-refractivity contribution >= 4 is 12.0 Å². The number of urea groups is 1. The van der Waals surface area contributed by atoms with E-state index in [9.17, 15) is 9.59 Å². The summed E-state index contributed by atoms with van der Waals surface area (Å²) in [7, 11) is 3.35. The number of hydrogen-bond donors (Lipinski definition) is 2. The number of carboxylic acids is 1. The van der Waals surface area contributed by atoms with Crippen LogP contribution in [0.1, 0.15) is 40.0 Å². The first-order valence-electron chi connectivity index (χ1n) is 7.51. The summed E-state index contributed by atoms with van der Waals surface area (Å²) in [5.74, 6) is -0.0488. The number of ether oxygens (including phenoxy) is 1. The second-order valence-electron chi connectivity index (χ2n) is 5.87. The Morgan fingerprint density at radius 1 is 1.24 bits per heavy atom. The summed E-state index contributed by atoms with van der Waals surface area (Å²) < 4.78 is 5.03. The van der Waals surface area contributed by atoms with Crippen LogP contribution in [0.3, 0.4) is 0 Å². The smallest absolute Gasteiger partial charge is 0.317 e. The minimum absolute atomic E-state index is 0.0166. The van der Waals surface area contributed by atoms with E-state index in [0.29, 0.717) is 31.4 Å². The summed E-state index contributed by atoms with van der Waals surface area (Å²) in [6, 6.07) is -0.108. The standard InChI is InChI=1S/C15H30N2O4/c1-11(2)13(6-7-14(18)19)8-9-16-15(20)17(4)12(3)10-21-5/h11-13H,6-10H2,1-5H3,(H,16,20)(H,18,19). The first kappa shape index (κ1) is 19.7. The van der Waals surface area contributed by atoms with E-state index < -0.39 is 5.97 Å². The van der Waals surface area contributed by atoms with Crippen molar-refractivity contribution in [3.05, 3.63) is 0 Å². The molecule has 124 valence electrons. The summed E-state index contributed by atoms with van der Waals surface area (Å²) in [4.78, 5) is 24.2. The number of nitrogens with zero attached hydrogens (tertiary/aromatic N) is 1. The van der Waals surface area contributed by atoms with Crippen LogP contribution in [0, 0.1) is 11.8 Å². The van der Waals surface area contributed by atoms with Crippen molar-refractivity contribution < 1.29 is 19.4 Å². The zero-order chi connectivity index (χ0) is 16.4. The highest BCUT2D eigenvalue weighted by Crippen LogP contribution is 2.20. The lowest BCUT2D eigenvalue weighted by Crippen LogP contribution is -2.44. The van der Waals surface area contributed by atoms with Gasteiger partial charge in [0.15, 0.2) is 0 Å². The fraction of sp³-hybridized carbons (Fsp3) is 0.867. The fourth-order valence-electron chi connectivity index (χ4n) is 2.16. The monoisotopic (exact) mass is 302 g/mol.